The van der Waals surface area contributed by atoms with Gasteiger partial charge in [-0.15, -0.1) is 6.58 Å². The average Bonchev–Trinajstić information content (AvgIpc) is 2.19. The zero-order valence-electron chi connectivity index (χ0n) is 8.23. The summed E-state index contributed by atoms with van der Waals surface area (Å²) in [5.41, 5.74) is 0. The Morgan fingerprint density at radius 1 is 0.917 bits per heavy atom. The highest BCUT2D eigenvalue weighted by molar-refractivity contribution is 4.73. The van der Waals surface area contributed by atoms with Gasteiger partial charge in [-0.3, -0.25) is 0 Å². The lowest BCUT2D eigenvalue weighted by Crippen LogP contribution is -1.98. The van der Waals surface area contributed by atoms with Crippen LogP contribution in [-0.4, -0.2) is 0 Å². The van der Waals surface area contributed by atoms with Crippen LogP contribution in [0.3, 0.4) is 0 Å². The van der Waals surface area contributed by atoms with Gasteiger partial charge in [0.2, 0.25) is 0 Å². The molecule has 12 heavy (non-hydrogen) atoms. The first kappa shape index (κ1) is 9.83. The predicted molar refractivity (Wildman–Crippen MR) is 55.2 cm³/mol. The van der Waals surface area contributed by atoms with E-state index in [-0.39, 0.29) is 0 Å². The van der Waals surface area contributed by atoms with E-state index >= 15 is 0 Å². The van der Waals surface area contributed by atoms with Crippen molar-refractivity contribution in [2.75, 3.05) is 0 Å². The van der Waals surface area contributed by atoms with Crippen molar-refractivity contribution in [1.29, 1.82) is 0 Å². The van der Waals surface area contributed by atoms with Crippen LogP contribution in [0.25, 0.3) is 0 Å². The van der Waals surface area contributed by atoms with Crippen LogP contribution in [0.15, 0.2) is 12.7 Å². The highest BCUT2D eigenvalue weighted by Crippen LogP contribution is 2.24. The Balaban J connectivity index is 2.23. The Morgan fingerprint density at radius 3 is 1.92 bits per heavy atom. The molecule has 0 aromatic carbocycles. The Hall–Kier alpha value is -0.260. The molecule has 0 amide bonds. The van der Waals surface area contributed by atoms with E-state index in [0.717, 1.165) is 5.92 Å². The van der Waals surface area contributed by atoms with Crippen LogP contribution < -0.4 is 0 Å². The molecule has 0 radical (unpaired) electrons. The van der Waals surface area contributed by atoms with Gasteiger partial charge in [-0.25, -0.2) is 0 Å². The van der Waals surface area contributed by atoms with Gasteiger partial charge in [0.05, 0.1) is 0 Å². The summed E-state index contributed by atoms with van der Waals surface area (Å²) < 4.78 is 0. The molecule has 0 saturated heterocycles. The van der Waals surface area contributed by atoms with Crippen LogP contribution in [0.2, 0.25) is 0 Å². The fourth-order valence-electron chi connectivity index (χ4n) is 2.19. The summed E-state index contributed by atoms with van der Waals surface area (Å²) >= 11 is 0. The molecule has 1 aliphatic carbocycles. The van der Waals surface area contributed by atoms with Gasteiger partial charge in [0, 0.05) is 0 Å². The van der Waals surface area contributed by atoms with Crippen LogP contribution >= 0.6 is 0 Å². The quantitative estimate of drug-likeness (QED) is 0.536. The molecule has 1 fully saturated rings. The van der Waals surface area contributed by atoms with E-state index in [1.807, 2.05) is 0 Å². The third kappa shape index (κ3) is 3.94. The molecule has 0 N–H and O–H groups in total. The summed E-state index contributed by atoms with van der Waals surface area (Å²) in [7, 11) is 0. The highest BCUT2D eigenvalue weighted by atomic mass is 14.1. The van der Waals surface area contributed by atoms with Gasteiger partial charge in [0.1, 0.15) is 0 Å². The van der Waals surface area contributed by atoms with Crippen molar-refractivity contribution in [1.82, 2.24) is 0 Å². The van der Waals surface area contributed by atoms with Crippen molar-refractivity contribution in [3.05, 3.63) is 12.7 Å². The maximum absolute atomic E-state index is 3.83. The predicted octanol–water partition coefficient (Wildman–Crippen LogP) is 4.31. The second-order valence-electron chi connectivity index (χ2n) is 4.09. The van der Waals surface area contributed by atoms with Gasteiger partial charge in [0.15, 0.2) is 0 Å². The van der Waals surface area contributed by atoms with Gasteiger partial charge in [-0.1, -0.05) is 57.4 Å². The molecular formula is C12H22. The van der Waals surface area contributed by atoms with E-state index in [9.17, 15) is 0 Å². The van der Waals surface area contributed by atoms with Gasteiger partial charge in [-0.05, 0) is 12.3 Å². The van der Waals surface area contributed by atoms with Gasteiger partial charge in [0.25, 0.3) is 0 Å². The van der Waals surface area contributed by atoms with E-state index in [4.69, 9.17) is 0 Å². The average molecular weight is 166 g/mol. The summed E-state index contributed by atoms with van der Waals surface area (Å²) in [6.45, 7) is 3.83. The molecule has 70 valence electrons. The molecule has 1 saturated carbocycles. The molecular weight excluding hydrogens is 144 g/mol. The maximum Gasteiger partial charge on any atom is -0.0325 e. The summed E-state index contributed by atoms with van der Waals surface area (Å²) in [6, 6.07) is 0. The second-order valence-corrected chi connectivity index (χ2v) is 4.09. The van der Waals surface area contributed by atoms with Crippen molar-refractivity contribution in [3.8, 4) is 0 Å². The Bertz CT molecular complexity index is 105. The van der Waals surface area contributed by atoms with Crippen LogP contribution in [0.1, 0.15) is 57.8 Å². The van der Waals surface area contributed by atoms with Crippen LogP contribution in [0, 0.1) is 5.92 Å². The van der Waals surface area contributed by atoms with Crippen LogP contribution in [0.4, 0.5) is 0 Å². The van der Waals surface area contributed by atoms with Gasteiger partial charge >= 0.3 is 0 Å². The Morgan fingerprint density at radius 2 is 1.42 bits per heavy atom. The van der Waals surface area contributed by atoms with E-state index in [1.165, 1.54) is 57.8 Å². The molecule has 0 nitrogen and oxygen atoms in total. The maximum atomic E-state index is 3.83. The van der Waals surface area contributed by atoms with Gasteiger partial charge < -0.3 is 0 Å². The molecule has 0 unspecified atom stereocenters. The Kier molecular flexibility index (Phi) is 5.14. The number of allylic oxidation sites excluding steroid dienone is 1. The first-order valence-electron chi connectivity index (χ1n) is 5.54. The smallest absolute Gasteiger partial charge is 0.0325 e. The van der Waals surface area contributed by atoms with Crippen LogP contribution in [0.5, 0.6) is 0 Å². The lowest BCUT2D eigenvalue weighted by atomic mass is 9.94. The lowest BCUT2D eigenvalue weighted by Gasteiger charge is -2.12. The van der Waals surface area contributed by atoms with E-state index < -0.39 is 0 Å². The fraction of sp³-hybridized carbons (Fsp3) is 0.833. The first-order valence-corrected chi connectivity index (χ1v) is 5.54. The largest absolute Gasteiger partial charge is 0.103 e. The minimum atomic E-state index is 0.959. The topological polar surface area (TPSA) is 0 Å². The summed E-state index contributed by atoms with van der Waals surface area (Å²) in [4.78, 5) is 0. The molecule has 0 aromatic heterocycles. The molecule has 1 aliphatic rings. The minimum Gasteiger partial charge on any atom is -0.103 e. The molecule has 0 heteroatoms. The van der Waals surface area contributed by atoms with Crippen molar-refractivity contribution >= 4 is 0 Å². The number of rotatable bonds is 2. The van der Waals surface area contributed by atoms with Crippen molar-refractivity contribution < 1.29 is 0 Å². The molecule has 0 aromatic rings. The number of hydrogen-bond acceptors (Lipinski definition) is 0. The molecule has 0 aliphatic heterocycles. The zero-order valence-corrected chi connectivity index (χ0v) is 8.23. The molecule has 0 heterocycles. The van der Waals surface area contributed by atoms with Gasteiger partial charge in [-0.2, -0.15) is 0 Å². The molecule has 1 rings (SSSR count). The SMILES string of the molecule is C=CCC1CCCCCCCC1. The third-order valence-corrected chi connectivity index (χ3v) is 2.97. The molecule has 0 bridgehead atoms. The summed E-state index contributed by atoms with van der Waals surface area (Å²) in [5, 5.41) is 0. The minimum absolute atomic E-state index is 0.959. The van der Waals surface area contributed by atoms with Crippen molar-refractivity contribution in [2.45, 2.75) is 57.8 Å². The Labute approximate surface area is 77.1 Å². The van der Waals surface area contributed by atoms with E-state index in [2.05, 4.69) is 12.7 Å². The molecule has 0 atom stereocenters. The lowest BCUT2D eigenvalue weighted by molar-refractivity contribution is 0.432. The summed E-state index contributed by atoms with van der Waals surface area (Å²) in [6.07, 6.45) is 15.0. The fourth-order valence-corrected chi connectivity index (χ4v) is 2.19. The molecule has 0 spiro atoms. The summed E-state index contributed by atoms with van der Waals surface area (Å²) in [5.74, 6) is 0.959. The normalized spacial score (nSPS) is 22.3. The van der Waals surface area contributed by atoms with E-state index in [0.29, 0.717) is 0 Å². The monoisotopic (exact) mass is 166 g/mol. The van der Waals surface area contributed by atoms with Crippen molar-refractivity contribution in [2.24, 2.45) is 5.92 Å². The third-order valence-electron chi connectivity index (χ3n) is 2.97. The first-order chi connectivity index (χ1) is 5.93. The van der Waals surface area contributed by atoms with Crippen molar-refractivity contribution in [3.63, 3.8) is 0 Å². The standard InChI is InChI=1S/C12H22/c1-2-9-12-10-7-5-3-4-6-8-11-12/h2,12H,1,3-11H2. The van der Waals surface area contributed by atoms with Crippen LogP contribution in [-0.2, 0) is 0 Å². The second kappa shape index (κ2) is 6.28. The number of hydrogen-bond donors (Lipinski definition) is 0. The zero-order chi connectivity index (χ0) is 8.65. The highest BCUT2D eigenvalue weighted by Gasteiger charge is 2.08. The van der Waals surface area contributed by atoms with E-state index in [1.54, 1.807) is 0 Å².